The summed E-state index contributed by atoms with van der Waals surface area (Å²) in [5.41, 5.74) is 5.40. The van der Waals surface area contributed by atoms with E-state index in [2.05, 4.69) is 100 Å². The molecule has 0 bridgehead atoms. The summed E-state index contributed by atoms with van der Waals surface area (Å²) in [5.74, 6) is 1.21. The maximum atomic E-state index is 5.58. The molecular formula is C30H32O2. The van der Waals surface area contributed by atoms with Crippen molar-refractivity contribution < 1.29 is 9.47 Å². The smallest absolute Gasteiger partial charge is 0.0887 e. The van der Waals surface area contributed by atoms with E-state index in [0.717, 1.165) is 13.2 Å². The van der Waals surface area contributed by atoms with E-state index in [1.54, 1.807) is 0 Å². The van der Waals surface area contributed by atoms with E-state index < -0.39 is 0 Å². The Morgan fingerprint density at radius 1 is 0.562 bits per heavy atom. The molecule has 2 fully saturated rings. The van der Waals surface area contributed by atoms with Crippen molar-refractivity contribution in [3.8, 4) is 11.1 Å². The van der Waals surface area contributed by atoms with E-state index in [0.29, 0.717) is 24.0 Å². The molecule has 0 spiro atoms. The Bertz CT molecular complexity index is 1160. The van der Waals surface area contributed by atoms with Gasteiger partial charge in [-0.05, 0) is 57.6 Å². The number of ether oxygens (including phenoxy) is 2. The minimum atomic E-state index is 0.398. The molecule has 0 aromatic heterocycles. The van der Waals surface area contributed by atoms with Crippen LogP contribution in [0.15, 0.2) is 72.8 Å². The molecule has 0 saturated carbocycles. The van der Waals surface area contributed by atoms with Gasteiger partial charge in [0, 0.05) is 11.8 Å². The third-order valence-corrected chi connectivity index (χ3v) is 7.07. The van der Waals surface area contributed by atoms with Crippen LogP contribution in [0.5, 0.6) is 0 Å². The molecule has 2 heterocycles. The van der Waals surface area contributed by atoms with E-state index in [1.165, 1.54) is 43.8 Å². The van der Waals surface area contributed by atoms with Gasteiger partial charge in [-0.3, -0.25) is 0 Å². The van der Waals surface area contributed by atoms with E-state index in [9.17, 15) is 0 Å². The zero-order valence-electron chi connectivity index (χ0n) is 19.5. The van der Waals surface area contributed by atoms with Gasteiger partial charge in [-0.1, -0.05) is 86.6 Å². The van der Waals surface area contributed by atoms with Crippen molar-refractivity contribution >= 4 is 21.5 Å². The molecule has 2 aliphatic heterocycles. The van der Waals surface area contributed by atoms with Gasteiger partial charge >= 0.3 is 0 Å². The highest BCUT2D eigenvalue weighted by molar-refractivity contribution is 6.07. The van der Waals surface area contributed by atoms with Gasteiger partial charge in [0.15, 0.2) is 0 Å². The van der Waals surface area contributed by atoms with Crippen molar-refractivity contribution in [1.82, 2.24) is 0 Å². The number of benzene rings is 4. The van der Waals surface area contributed by atoms with Gasteiger partial charge in [0.25, 0.3) is 0 Å². The first-order chi connectivity index (χ1) is 15.5. The third kappa shape index (κ3) is 3.72. The molecule has 2 saturated heterocycles. The molecule has 32 heavy (non-hydrogen) atoms. The van der Waals surface area contributed by atoms with Crippen LogP contribution in [-0.2, 0) is 9.47 Å². The van der Waals surface area contributed by atoms with Crippen LogP contribution in [0.2, 0.25) is 0 Å². The Labute approximate surface area is 191 Å². The molecule has 2 heteroatoms. The molecule has 6 rings (SSSR count). The lowest BCUT2D eigenvalue weighted by Crippen LogP contribution is -2.23. The SMILES string of the molecule is CC1COC2C(C)COC12.Cc1ccc2ccccc2c1-c1c(C)ccc2ccccc12. The molecule has 4 aromatic rings. The largest absolute Gasteiger partial charge is 0.375 e. The minimum absolute atomic E-state index is 0.398. The second-order valence-electron chi connectivity index (χ2n) is 9.51. The maximum absolute atomic E-state index is 5.58. The van der Waals surface area contributed by atoms with Crippen molar-refractivity contribution in [1.29, 1.82) is 0 Å². The zero-order valence-corrected chi connectivity index (χ0v) is 19.5. The summed E-state index contributed by atoms with van der Waals surface area (Å²) in [6, 6.07) is 26.2. The molecule has 164 valence electrons. The van der Waals surface area contributed by atoms with E-state index in [4.69, 9.17) is 9.47 Å². The summed E-state index contributed by atoms with van der Waals surface area (Å²) >= 11 is 0. The Morgan fingerprint density at radius 2 is 0.969 bits per heavy atom. The summed E-state index contributed by atoms with van der Waals surface area (Å²) in [4.78, 5) is 0. The van der Waals surface area contributed by atoms with E-state index >= 15 is 0 Å². The summed E-state index contributed by atoms with van der Waals surface area (Å²) in [5, 5.41) is 5.27. The van der Waals surface area contributed by atoms with Crippen molar-refractivity contribution in [3.63, 3.8) is 0 Å². The Hall–Kier alpha value is -2.68. The van der Waals surface area contributed by atoms with Crippen molar-refractivity contribution in [2.45, 2.75) is 39.9 Å². The third-order valence-electron chi connectivity index (χ3n) is 7.07. The van der Waals surface area contributed by atoms with Crippen LogP contribution in [-0.4, -0.2) is 25.4 Å². The van der Waals surface area contributed by atoms with Crippen LogP contribution < -0.4 is 0 Å². The van der Waals surface area contributed by atoms with Crippen molar-refractivity contribution in [2.75, 3.05) is 13.2 Å². The molecule has 0 amide bonds. The second kappa shape index (κ2) is 8.69. The summed E-state index contributed by atoms with van der Waals surface area (Å²) in [7, 11) is 0. The topological polar surface area (TPSA) is 18.5 Å². The van der Waals surface area contributed by atoms with Crippen LogP contribution in [0.1, 0.15) is 25.0 Å². The van der Waals surface area contributed by atoms with Gasteiger partial charge in [-0.15, -0.1) is 0 Å². The number of aryl methyl sites for hydroxylation is 2. The fourth-order valence-electron chi connectivity index (χ4n) is 5.31. The monoisotopic (exact) mass is 424 g/mol. The molecule has 2 nitrogen and oxygen atoms in total. The standard InChI is InChI=1S/C22H18.C8H14O2/c1-15-11-13-17-7-3-5-9-19(17)21(15)22-16(2)12-14-18-8-4-6-10-20(18)22;1-5-3-9-8-6(2)4-10-7(5)8/h3-14H,1-2H3;5-8H,3-4H2,1-2H3. The van der Waals surface area contributed by atoms with Crippen molar-refractivity contribution in [3.05, 3.63) is 83.9 Å². The predicted octanol–water partition coefficient (Wildman–Crippen LogP) is 7.33. The molecule has 0 radical (unpaired) electrons. The zero-order chi connectivity index (χ0) is 22.2. The fourth-order valence-corrected chi connectivity index (χ4v) is 5.31. The van der Waals surface area contributed by atoms with E-state index in [1.807, 2.05) is 0 Å². The number of hydrogen-bond donors (Lipinski definition) is 0. The van der Waals surface area contributed by atoms with Gasteiger partial charge < -0.3 is 9.47 Å². The second-order valence-corrected chi connectivity index (χ2v) is 9.51. The Kier molecular flexibility index (Phi) is 5.75. The van der Waals surface area contributed by atoms with Crippen LogP contribution in [0, 0.1) is 25.7 Å². The molecule has 4 unspecified atom stereocenters. The molecule has 2 aliphatic rings. The first-order valence-electron chi connectivity index (χ1n) is 11.7. The number of rotatable bonds is 1. The fraction of sp³-hybridized carbons (Fsp3) is 0.333. The van der Waals surface area contributed by atoms with Gasteiger partial charge in [0.1, 0.15) is 0 Å². The lowest BCUT2D eigenvalue weighted by atomic mass is 9.88. The van der Waals surface area contributed by atoms with Crippen LogP contribution in [0.3, 0.4) is 0 Å². The highest BCUT2D eigenvalue weighted by Crippen LogP contribution is 2.38. The predicted molar refractivity (Wildman–Crippen MR) is 134 cm³/mol. The molecule has 4 atom stereocenters. The van der Waals surface area contributed by atoms with Crippen LogP contribution in [0.25, 0.3) is 32.7 Å². The summed E-state index contributed by atoms with van der Waals surface area (Å²) in [6.45, 7) is 10.6. The summed E-state index contributed by atoms with van der Waals surface area (Å²) in [6.07, 6.45) is 0.796. The normalized spacial score (nSPS) is 24.4. The summed E-state index contributed by atoms with van der Waals surface area (Å²) < 4.78 is 11.2. The van der Waals surface area contributed by atoms with Gasteiger partial charge in [-0.2, -0.15) is 0 Å². The van der Waals surface area contributed by atoms with E-state index in [-0.39, 0.29) is 0 Å². The Morgan fingerprint density at radius 3 is 1.41 bits per heavy atom. The van der Waals surface area contributed by atoms with Gasteiger partial charge in [0.05, 0.1) is 25.4 Å². The lowest BCUT2D eigenvalue weighted by molar-refractivity contribution is 0.0627. The minimum Gasteiger partial charge on any atom is -0.375 e. The lowest BCUT2D eigenvalue weighted by Gasteiger charge is -2.16. The highest BCUT2D eigenvalue weighted by Gasteiger charge is 2.43. The molecule has 0 aliphatic carbocycles. The number of fused-ring (bicyclic) bond motifs is 3. The highest BCUT2D eigenvalue weighted by atomic mass is 16.6. The first-order valence-corrected chi connectivity index (χ1v) is 11.7. The number of hydrogen-bond acceptors (Lipinski definition) is 2. The molecule has 4 aromatic carbocycles. The Balaban J connectivity index is 0.000000180. The molecule has 0 N–H and O–H groups in total. The van der Waals surface area contributed by atoms with Gasteiger partial charge in [0.2, 0.25) is 0 Å². The first kappa shape index (κ1) is 21.2. The average Bonchev–Trinajstić information content (AvgIpc) is 3.37. The van der Waals surface area contributed by atoms with Crippen molar-refractivity contribution in [2.24, 2.45) is 11.8 Å². The maximum Gasteiger partial charge on any atom is 0.0887 e. The quantitative estimate of drug-likeness (QED) is 0.318. The molecular weight excluding hydrogens is 392 g/mol. The van der Waals surface area contributed by atoms with Crippen LogP contribution in [0.4, 0.5) is 0 Å². The van der Waals surface area contributed by atoms with Gasteiger partial charge in [-0.25, -0.2) is 0 Å². The van der Waals surface area contributed by atoms with Crippen LogP contribution >= 0.6 is 0 Å². The average molecular weight is 425 g/mol.